The van der Waals surface area contributed by atoms with Gasteiger partial charge in [0, 0.05) is 25.3 Å². The zero-order chi connectivity index (χ0) is 19.7. The topological polar surface area (TPSA) is 57.8 Å². The van der Waals surface area contributed by atoms with Crippen LogP contribution in [0.2, 0.25) is 0 Å². The smallest absolute Gasteiger partial charge is 0.267 e. The van der Waals surface area contributed by atoms with Gasteiger partial charge in [0.2, 0.25) is 0 Å². The van der Waals surface area contributed by atoms with Gasteiger partial charge in [-0.05, 0) is 17.7 Å². The maximum atomic E-state index is 13.6. The summed E-state index contributed by atoms with van der Waals surface area (Å²) >= 11 is 3.21. The maximum Gasteiger partial charge on any atom is 0.267 e. The van der Waals surface area contributed by atoms with Crippen LogP contribution in [-0.4, -0.2) is 49.7 Å². The van der Waals surface area contributed by atoms with Gasteiger partial charge in [0.05, 0.1) is 43.3 Å². The van der Waals surface area contributed by atoms with Crippen molar-refractivity contribution in [3.8, 4) is 11.4 Å². The molecule has 4 rings (SSSR count). The fourth-order valence-corrected chi connectivity index (χ4v) is 5.82. The zero-order valence-corrected chi connectivity index (χ0v) is 17.9. The number of hydrogen-bond donors (Lipinski definition) is 1. The zero-order valence-electron chi connectivity index (χ0n) is 16.3. The number of thiophene rings is 1. The molecule has 6 nitrogen and oxygen atoms in total. The molecule has 0 saturated carbocycles. The Balaban J connectivity index is 1.92. The predicted molar refractivity (Wildman–Crippen MR) is 114 cm³/mol. The Hall–Kier alpha value is -1.87. The average Bonchev–Trinajstić information content (AvgIpc) is 3.05. The minimum absolute atomic E-state index is 0.00947. The van der Waals surface area contributed by atoms with Crippen molar-refractivity contribution in [2.75, 3.05) is 40.2 Å². The van der Waals surface area contributed by atoms with Gasteiger partial charge in [-0.3, -0.25) is 9.36 Å². The fraction of sp³-hybridized carbons (Fsp3) is 0.400. The molecule has 28 heavy (non-hydrogen) atoms. The van der Waals surface area contributed by atoms with Gasteiger partial charge in [-0.1, -0.05) is 17.8 Å². The molecule has 0 saturated heterocycles. The van der Waals surface area contributed by atoms with Crippen molar-refractivity contribution in [2.24, 2.45) is 0 Å². The van der Waals surface area contributed by atoms with Crippen LogP contribution in [0.25, 0.3) is 15.9 Å². The summed E-state index contributed by atoms with van der Waals surface area (Å²) in [5.74, 6) is 1.45. The summed E-state index contributed by atoms with van der Waals surface area (Å²) in [6, 6.07) is 7.58. The Morgan fingerprint density at radius 2 is 2.21 bits per heavy atom. The maximum absolute atomic E-state index is 13.6. The van der Waals surface area contributed by atoms with Gasteiger partial charge < -0.3 is 14.4 Å². The van der Waals surface area contributed by atoms with Crippen molar-refractivity contribution in [1.29, 1.82) is 0 Å². The van der Waals surface area contributed by atoms with E-state index in [1.165, 1.54) is 15.3 Å². The van der Waals surface area contributed by atoms with E-state index in [9.17, 15) is 4.79 Å². The fourth-order valence-electron chi connectivity index (χ4n) is 3.53. The minimum Gasteiger partial charge on any atom is -0.497 e. The number of methoxy groups -OCH3 is 2. The number of ether oxygens (including phenoxy) is 2. The van der Waals surface area contributed by atoms with Crippen molar-refractivity contribution >= 4 is 33.3 Å². The van der Waals surface area contributed by atoms with Crippen molar-refractivity contribution in [1.82, 2.24) is 9.55 Å². The number of likely N-dealkylation sites (N-methyl/N-ethyl adjacent to an activating group) is 1. The third-order valence-corrected chi connectivity index (χ3v) is 7.00. The van der Waals surface area contributed by atoms with E-state index in [1.54, 1.807) is 41.9 Å². The molecular formula is C20H24N3O3S2+. The number of nitrogens with one attached hydrogen (secondary N) is 1. The number of aromatic nitrogens is 2. The van der Waals surface area contributed by atoms with E-state index in [2.05, 4.69) is 7.05 Å². The van der Waals surface area contributed by atoms with Crippen LogP contribution in [0.4, 0.5) is 0 Å². The predicted octanol–water partition coefficient (Wildman–Crippen LogP) is 1.77. The molecule has 3 aromatic rings. The van der Waals surface area contributed by atoms with Gasteiger partial charge in [0.25, 0.3) is 5.56 Å². The highest BCUT2D eigenvalue weighted by molar-refractivity contribution is 7.99. The average molecular weight is 419 g/mol. The van der Waals surface area contributed by atoms with Crippen LogP contribution in [0.15, 0.2) is 34.2 Å². The number of benzene rings is 1. The standard InChI is InChI=1S/C20H23N3O3S2/c1-22-8-7-15-16(12-22)28-18-17(15)19(24)23(20(21-18)27-10-9-25-2)13-5-4-6-14(11-13)26-3/h4-6,11H,7-10,12H2,1-3H3/p+1. The van der Waals surface area contributed by atoms with Crippen molar-refractivity contribution in [3.05, 3.63) is 45.1 Å². The summed E-state index contributed by atoms with van der Waals surface area (Å²) in [6.07, 6.45) is 0.923. The van der Waals surface area contributed by atoms with Crippen molar-refractivity contribution in [2.45, 2.75) is 18.1 Å². The number of hydrogen-bond acceptors (Lipinski definition) is 6. The Labute approximate surface area is 172 Å². The molecule has 0 amide bonds. The van der Waals surface area contributed by atoms with Crippen LogP contribution >= 0.6 is 23.1 Å². The molecule has 1 N–H and O–H groups in total. The van der Waals surface area contributed by atoms with Gasteiger partial charge in [0.1, 0.15) is 17.1 Å². The Kier molecular flexibility index (Phi) is 5.73. The molecular weight excluding hydrogens is 394 g/mol. The van der Waals surface area contributed by atoms with E-state index in [0.717, 1.165) is 46.9 Å². The molecule has 0 radical (unpaired) electrons. The van der Waals surface area contributed by atoms with Crippen LogP contribution in [0, 0.1) is 0 Å². The first-order valence-electron chi connectivity index (χ1n) is 9.27. The Bertz CT molecular complexity index is 1060. The monoisotopic (exact) mass is 418 g/mol. The van der Waals surface area contributed by atoms with Gasteiger partial charge in [-0.2, -0.15) is 0 Å². The van der Waals surface area contributed by atoms with Crippen LogP contribution in [0.5, 0.6) is 5.75 Å². The number of thioether (sulfide) groups is 1. The second kappa shape index (κ2) is 8.24. The largest absolute Gasteiger partial charge is 0.497 e. The van der Waals surface area contributed by atoms with Gasteiger partial charge in [-0.25, -0.2) is 4.98 Å². The second-order valence-electron chi connectivity index (χ2n) is 6.90. The highest BCUT2D eigenvalue weighted by atomic mass is 32.2. The molecule has 148 valence electrons. The molecule has 1 aromatic carbocycles. The van der Waals surface area contributed by atoms with E-state index >= 15 is 0 Å². The molecule has 1 unspecified atom stereocenters. The normalized spacial score (nSPS) is 16.3. The first kappa shape index (κ1) is 19.4. The van der Waals surface area contributed by atoms with Crippen molar-refractivity contribution in [3.63, 3.8) is 0 Å². The molecule has 0 spiro atoms. The third-order valence-electron chi connectivity index (χ3n) is 4.97. The third kappa shape index (κ3) is 3.57. The molecule has 8 heteroatoms. The molecule has 1 aliphatic rings. The summed E-state index contributed by atoms with van der Waals surface area (Å²) in [4.78, 5) is 22.2. The van der Waals surface area contributed by atoms with Crippen LogP contribution in [0.3, 0.4) is 0 Å². The molecule has 2 aromatic heterocycles. The SMILES string of the molecule is COCCSc1nc2sc3c(c2c(=O)n1-c1cccc(OC)c1)CC[NH+](C)C3. The molecule has 3 heterocycles. The Morgan fingerprint density at radius 1 is 1.36 bits per heavy atom. The molecule has 0 fully saturated rings. The lowest BCUT2D eigenvalue weighted by atomic mass is 10.1. The number of nitrogens with zero attached hydrogens (tertiary/aromatic N) is 2. The number of fused-ring (bicyclic) bond motifs is 3. The molecule has 0 aliphatic carbocycles. The van der Waals surface area contributed by atoms with E-state index in [4.69, 9.17) is 14.5 Å². The van der Waals surface area contributed by atoms with Crippen LogP contribution < -0.4 is 15.2 Å². The first-order chi connectivity index (χ1) is 13.6. The lowest BCUT2D eigenvalue weighted by Gasteiger charge is -2.19. The van der Waals surface area contributed by atoms with Crippen LogP contribution in [-0.2, 0) is 17.7 Å². The van der Waals surface area contributed by atoms with E-state index in [0.29, 0.717) is 11.8 Å². The quantitative estimate of drug-likeness (QED) is 0.376. The van der Waals surface area contributed by atoms with E-state index < -0.39 is 0 Å². The van der Waals surface area contributed by atoms with Gasteiger partial charge in [-0.15, -0.1) is 11.3 Å². The summed E-state index contributed by atoms with van der Waals surface area (Å²) in [6.45, 7) is 2.61. The summed E-state index contributed by atoms with van der Waals surface area (Å²) < 4.78 is 12.3. The van der Waals surface area contributed by atoms with Gasteiger partial charge >= 0.3 is 0 Å². The Morgan fingerprint density at radius 3 is 3.00 bits per heavy atom. The minimum atomic E-state index is 0.00947. The molecule has 0 bridgehead atoms. The van der Waals surface area contributed by atoms with Gasteiger partial charge in [0.15, 0.2) is 5.16 Å². The lowest BCUT2D eigenvalue weighted by Crippen LogP contribution is -3.08. The molecule has 1 aliphatic heterocycles. The second-order valence-corrected chi connectivity index (χ2v) is 9.04. The lowest BCUT2D eigenvalue weighted by molar-refractivity contribution is -0.895. The highest BCUT2D eigenvalue weighted by Crippen LogP contribution is 2.32. The highest BCUT2D eigenvalue weighted by Gasteiger charge is 2.26. The summed E-state index contributed by atoms with van der Waals surface area (Å²) in [5, 5.41) is 1.48. The van der Waals surface area contributed by atoms with E-state index in [-0.39, 0.29) is 5.56 Å². The first-order valence-corrected chi connectivity index (χ1v) is 11.1. The van der Waals surface area contributed by atoms with Crippen LogP contribution in [0.1, 0.15) is 10.4 Å². The van der Waals surface area contributed by atoms with E-state index in [1.807, 2.05) is 24.3 Å². The van der Waals surface area contributed by atoms with Crippen molar-refractivity contribution < 1.29 is 14.4 Å². The summed E-state index contributed by atoms with van der Waals surface area (Å²) in [7, 11) is 5.51. The number of rotatable bonds is 6. The number of quaternary nitrogens is 1. The molecule has 1 atom stereocenters. The summed E-state index contributed by atoms with van der Waals surface area (Å²) in [5.41, 5.74) is 1.97.